The molecule has 29 heavy (non-hydrogen) atoms. The van der Waals surface area contributed by atoms with Gasteiger partial charge >= 0.3 is 5.97 Å². The van der Waals surface area contributed by atoms with Crippen molar-refractivity contribution in [3.8, 4) is 11.4 Å². The van der Waals surface area contributed by atoms with Crippen LogP contribution in [-0.2, 0) is 34.7 Å². The van der Waals surface area contributed by atoms with Crippen LogP contribution in [0.15, 0.2) is 35.1 Å². The van der Waals surface area contributed by atoms with Crippen molar-refractivity contribution >= 4 is 16.9 Å². The number of nitrogens with two attached hydrogens (primary N) is 1. The van der Waals surface area contributed by atoms with E-state index in [9.17, 15) is 14.7 Å². The van der Waals surface area contributed by atoms with Crippen molar-refractivity contribution in [1.82, 2.24) is 9.55 Å². The first kappa shape index (κ1) is 18.0. The van der Waals surface area contributed by atoms with E-state index in [4.69, 9.17) is 15.5 Å². The van der Waals surface area contributed by atoms with Crippen molar-refractivity contribution in [3.63, 3.8) is 0 Å². The smallest absolute Gasteiger partial charge is 0.343 e. The number of cyclic esters (lactones) is 1. The predicted molar refractivity (Wildman–Crippen MR) is 107 cm³/mol. The van der Waals surface area contributed by atoms with Crippen LogP contribution in [0.1, 0.15) is 35.6 Å². The van der Waals surface area contributed by atoms with Crippen LogP contribution in [0.3, 0.4) is 0 Å². The molecule has 0 aliphatic carbocycles. The molecule has 0 spiro atoms. The summed E-state index contributed by atoms with van der Waals surface area (Å²) in [5.41, 5.74) is 8.69. The average Bonchev–Trinajstić information content (AvgIpc) is 3.10. The fourth-order valence-corrected chi connectivity index (χ4v) is 4.54. The minimum absolute atomic E-state index is 0.123. The molecule has 7 nitrogen and oxygen atoms in total. The number of esters is 1. The number of pyridine rings is 2. The van der Waals surface area contributed by atoms with Crippen LogP contribution in [0.2, 0.25) is 0 Å². The molecule has 1 atom stereocenters. The van der Waals surface area contributed by atoms with Crippen LogP contribution in [-0.4, -0.2) is 27.2 Å². The van der Waals surface area contributed by atoms with Crippen molar-refractivity contribution in [2.45, 2.75) is 38.5 Å². The van der Waals surface area contributed by atoms with Crippen molar-refractivity contribution in [1.29, 1.82) is 0 Å². The number of fused-ring (bicyclic) bond motifs is 5. The van der Waals surface area contributed by atoms with Gasteiger partial charge in [-0.25, -0.2) is 9.78 Å². The summed E-state index contributed by atoms with van der Waals surface area (Å²) in [6, 6.07) is 9.59. The third kappa shape index (κ3) is 2.34. The van der Waals surface area contributed by atoms with Crippen LogP contribution in [0.4, 0.5) is 0 Å². The molecule has 0 fully saturated rings. The topological polar surface area (TPSA) is 107 Å². The Kier molecular flexibility index (Phi) is 3.88. The lowest BCUT2D eigenvalue weighted by Gasteiger charge is -2.31. The van der Waals surface area contributed by atoms with Crippen LogP contribution < -0.4 is 11.3 Å². The first-order chi connectivity index (χ1) is 14.0. The lowest BCUT2D eigenvalue weighted by Crippen LogP contribution is -2.44. The monoisotopic (exact) mass is 391 g/mol. The summed E-state index contributed by atoms with van der Waals surface area (Å²) in [7, 11) is 0. The van der Waals surface area contributed by atoms with E-state index in [1.54, 1.807) is 17.6 Å². The summed E-state index contributed by atoms with van der Waals surface area (Å²) in [4.78, 5) is 30.3. The quantitative estimate of drug-likeness (QED) is 0.514. The molecule has 5 rings (SSSR count). The Morgan fingerprint density at radius 2 is 2.07 bits per heavy atom. The second kappa shape index (κ2) is 6.23. The van der Waals surface area contributed by atoms with Gasteiger partial charge in [0.1, 0.15) is 6.61 Å². The van der Waals surface area contributed by atoms with E-state index in [-0.39, 0.29) is 18.6 Å². The normalized spacial score (nSPS) is 19.6. The summed E-state index contributed by atoms with van der Waals surface area (Å²) in [6.45, 7) is 2.44. The van der Waals surface area contributed by atoms with Gasteiger partial charge in [-0.15, -0.1) is 0 Å². The Bertz CT molecular complexity index is 1250. The van der Waals surface area contributed by atoms with E-state index >= 15 is 0 Å². The Labute approximate surface area is 166 Å². The highest BCUT2D eigenvalue weighted by Crippen LogP contribution is 2.40. The number of aromatic nitrogens is 2. The zero-order valence-corrected chi connectivity index (χ0v) is 16.1. The van der Waals surface area contributed by atoms with E-state index in [1.807, 2.05) is 24.3 Å². The molecule has 0 saturated carbocycles. The standard InChI is InChI=1S/C22H21N3O4/c1-2-22(28)16-9-18-19-14(10-25(18)20(26)15(16)11-29-21(22)27)12(7-8-23)13-5-3-4-6-17(13)24-19/h3-6,9,28H,2,7-8,10-11,23H2,1H3. The van der Waals surface area contributed by atoms with Crippen LogP contribution in [0.5, 0.6) is 0 Å². The van der Waals surface area contributed by atoms with Crippen molar-refractivity contribution < 1.29 is 14.6 Å². The van der Waals surface area contributed by atoms with Crippen molar-refractivity contribution in [3.05, 3.63) is 62.9 Å². The van der Waals surface area contributed by atoms with Gasteiger partial charge in [-0.1, -0.05) is 25.1 Å². The Hall–Kier alpha value is -3.03. The molecule has 4 heterocycles. The molecular formula is C22H21N3O4. The lowest BCUT2D eigenvalue weighted by atomic mass is 9.86. The molecule has 0 radical (unpaired) electrons. The fraction of sp³-hybridized carbons (Fsp3) is 0.318. The Balaban J connectivity index is 1.83. The third-order valence-corrected chi connectivity index (χ3v) is 6.11. The van der Waals surface area contributed by atoms with Crippen LogP contribution in [0, 0.1) is 0 Å². The zero-order chi connectivity index (χ0) is 20.3. The maximum Gasteiger partial charge on any atom is 0.343 e. The van der Waals surface area contributed by atoms with Gasteiger partial charge < -0.3 is 20.1 Å². The number of hydrogen-bond acceptors (Lipinski definition) is 6. The highest BCUT2D eigenvalue weighted by atomic mass is 16.6. The molecule has 0 amide bonds. The molecule has 2 aliphatic heterocycles. The number of carbonyl (C=O) groups is 1. The highest BCUT2D eigenvalue weighted by Gasteiger charge is 2.45. The third-order valence-electron chi connectivity index (χ3n) is 6.11. The maximum absolute atomic E-state index is 13.3. The summed E-state index contributed by atoms with van der Waals surface area (Å²) in [5.74, 6) is -0.717. The number of aliphatic hydroxyl groups is 1. The number of hydrogen-bond donors (Lipinski definition) is 2. The SMILES string of the molecule is CCC1(O)C(=O)OCc2c1cc1n(c2=O)Cc2c-1nc1ccccc1c2CCN. The molecule has 0 bridgehead atoms. The second-order valence-electron chi connectivity index (χ2n) is 7.58. The minimum atomic E-state index is -1.82. The molecule has 148 valence electrons. The van der Waals surface area contributed by atoms with E-state index in [1.165, 1.54) is 0 Å². The molecule has 1 unspecified atom stereocenters. The van der Waals surface area contributed by atoms with Crippen LogP contribution >= 0.6 is 0 Å². The number of ether oxygens (including phenoxy) is 1. The van der Waals surface area contributed by atoms with Gasteiger partial charge in [0.05, 0.1) is 29.0 Å². The van der Waals surface area contributed by atoms with Gasteiger partial charge in [0.25, 0.3) is 5.56 Å². The summed E-state index contributed by atoms with van der Waals surface area (Å²) in [5, 5.41) is 12.0. The first-order valence-electron chi connectivity index (χ1n) is 9.77. The largest absolute Gasteiger partial charge is 0.458 e. The van der Waals surface area contributed by atoms with Crippen LogP contribution in [0.25, 0.3) is 22.3 Å². The van der Waals surface area contributed by atoms with Gasteiger partial charge in [0.15, 0.2) is 5.60 Å². The molecule has 3 aromatic rings. The van der Waals surface area contributed by atoms with E-state index in [2.05, 4.69) is 0 Å². The molecule has 7 heteroatoms. The Morgan fingerprint density at radius 3 is 2.83 bits per heavy atom. The van der Waals surface area contributed by atoms with E-state index in [0.29, 0.717) is 42.0 Å². The fourth-order valence-electron chi connectivity index (χ4n) is 4.54. The molecule has 2 aliphatic rings. The van der Waals surface area contributed by atoms with E-state index in [0.717, 1.165) is 22.0 Å². The van der Waals surface area contributed by atoms with Gasteiger partial charge in [-0.3, -0.25) is 4.79 Å². The number of para-hydroxylation sites is 1. The number of nitrogens with zero attached hydrogens (tertiary/aromatic N) is 2. The van der Waals surface area contributed by atoms with Crippen molar-refractivity contribution in [2.75, 3.05) is 6.54 Å². The summed E-state index contributed by atoms with van der Waals surface area (Å²) < 4.78 is 6.78. The zero-order valence-electron chi connectivity index (χ0n) is 16.1. The first-order valence-corrected chi connectivity index (χ1v) is 9.77. The summed E-state index contributed by atoms with van der Waals surface area (Å²) in [6.07, 6.45) is 0.798. The van der Waals surface area contributed by atoms with Gasteiger partial charge in [0.2, 0.25) is 0 Å². The molecule has 3 N–H and O–H groups in total. The molecule has 1 aromatic carbocycles. The number of rotatable bonds is 3. The predicted octanol–water partition coefficient (Wildman–Crippen LogP) is 1.58. The average molecular weight is 391 g/mol. The maximum atomic E-state index is 13.3. The molecule has 0 saturated heterocycles. The van der Waals surface area contributed by atoms with Gasteiger partial charge in [-0.2, -0.15) is 0 Å². The molecular weight excluding hydrogens is 370 g/mol. The van der Waals surface area contributed by atoms with Crippen molar-refractivity contribution in [2.24, 2.45) is 5.73 Å². The molecule has 2 aromatic heterocycles. The van der Waals surface area contributed by atoms with Gasteiger partial charge in [0, 0.05) is 16.5 Å². The van der Waals surface area contributed by atoms with Gasteiger partial charge in [-0.05, 0) is 37.1 Å². The second-order valence-corrected chi connectivity index (χ2v) is 7.58. The van der Waals surface area contributed by atoms with E-state index < -0.39 is 11.6 Å². The number of carbonyl (C=O) groups excluding carboxylic acids is 1. The Morgan fingerprint density at radius 1 is 1.28 bits per heavy atom. The highest BCUT2D eigenvalue weighted by molar-refractivity contribution is 5.89. The summed E-state index contributed by atoms with van der Waals surface area (Å²) >= 11 is 0. The lowest BCUT2D eigenvalue weighted by molar-refractivity contribution is -0.172. The minimum Gasteiger partial charge on any atom is -0.458 e. The number of benzene rings is 1.